The van der Waals surface area contributed by atoms with Crippen LogP contribution in [-0.2, 0) is 4.79 Å². The zero-order valence-corrected chi connectivity index (χ0v) is 12.5. The molecule has 1 amide bonds. The van der Waals surface area contributed by atoms with Crippen LogP contribution < -0.4 is 16.4 Å². The summed E-state index contributed by atoms with van der Waals surface area (Å²) in [6.07, 6.45) is 1.63. The van der Waals surface area contributed by atoms with Crippen molar-refractivity contribution >= 4 is 18.3 Å². The van der Waals surface area contributed by atoms with E-state index in [1.807, 2.05) is 6.92 Å². The van der Waals surface area contributed by atoms with Crippen molar-refractivity contribution in [1.82, 2.24) is 10.6 Å². The first-order chi connectivity index (χ1) is 7.19. The fourth-order valence-corrected chi connectivity index (χ4v) is 1.45. The van der Waals surface area contributed by atoms with Gasteiger partial charge in [-0.25, -0.2) is 0 Å². The number of nitrogens with one attached hydrogen (secondary N) is 2. The largest absolute Gasteiger partial charge is 0.353 e. The zero-order valence-electron chi connectivity index (χ0n) is 11.7. The Kier molecular flexibility index (Phi) is 8.84. The molecule has 0 aromatic carbocycles. The van der Waals surface area contributed by atoms with Crippen LogP contribution in [0.25, 0.3) is 0 Å². The number of hydrogen-bond donors (Lipinski definition) is 3. The van der Waals surface area contributed by atoms with Crippen LogP contribution in [0, 0.1) is 0 Å². The predicted molar refractivity (Wildman–Crippen MR) is 75.5 cm³/mol. The summed E-state index contributed by atoms with van der Waals surface area (Å²) in [5.41, 5.74) is 5.25. The van der Waals surface area contributed by atoms with E-state index in [0.717, 1.165) is 13.0 Å². The summed E-state index contributed by atoms with van der Waals surface area (Å²) in [7, 11) is 0. The van der Waals surface area contributed by atoms with Crippen molar-refractivity contribution in [2.45, 2.75) is 58.5 Å². The lowest BCUT2D eigenvalue weighted by molar-refractivity contribution is -0.126. The summed E-state index contributed by atoms with van der Waals surface area (Å²) in [4.78, 5) is 11.7. The van der Waals surface area contributed by atoms with E-state index in [1.165, 1.54) is 0 Å². The van der Waals surface area contributed by atoms with E-state index >= 15 is 0 Å². The van der Waals surface area contributed by atoms with Crippen molar-refractivity contribution in [1.29, 1.82) is 0 Å². The summed E-state index contributed by atoms with van der Waals surface area (Å²) in [6, 6.07) is 0. The highest BCUT2D eigenvalue weighted by atomic mass is 35.5. The maximum absolute atomic E-state index is 11.7. The van der Waals surface area contributed by atoms with Crippen LogP contribution in [0.1, 0.15) is 47.5 Å². The molecule has 17 heavy (non-hydrogen) atoms. The molecule has 0 aliphatic heterocycles. The third-order valence-corrected chi connectivity index (χ3v) is 2.35. The minimum Gasteiger partial charge on any atom is -0.353 e. The predicted octanol–water partition coefficient (Wildman–Crippen LogP) is 1.43. The van der Waals surface area contributed by atoms with Gasteiger partial charge in [0, 0.05) is 18.6 Å². The average Bonchev–Trinajstić information content (AvgIpc) is 2.10. The normalized spacial score (nSPS) is 14.7. The highest BCUT2D eigenvalue weighted by Gasteiger charge is 2.26. The molecule has 0 aliphatic rings. The molecular weight excluding hydrogens is 238 g/mol. The van der Waals surface area contributed by atoms with Gasteiger partial charge in [-0.05, 0) is 34.1 Å². The molecule has 4 nitrogen and oxygen atoms in total. The molecule has 0 aromatic heterocycles. The van der Waals surface area contributed by atoms with E-state index < -0.39 is 5.54 Å². The number of carbonyl (C=O) groups is 1. The van der Waals surface area contributed by atoms with E-state index in [0.29, 0.717) is 13.0 Å². The molecule has 5 heteroatoms. The van der Waals surface area contributed by atoms with E-state index in [9.17, 15) is 4.79 Å². The summed E-state index contributed by atoms with van der Waals surface area (Å²) < 4.78 is 0. The first-order valence-electron chi connectivity index (χ1n) is 6.01. The Hall–Kier alpha value is -0.320. The van der Waals surface area contributed by atoms with Crippen molar-refractivity contribution in [2.24, 2.45) is 5.73 Å². The first kappa shape index (κ1) is 19.0. The fourth-order valence-electron chi connectivity index (χ4n) is 1.45. The van der Waals surface area contributed by atoms with Crippen LogP contribution in [0.5, 0.6) is 0 Å². The van der Waals surface area contributed by atoms with Crippen LogP contribution in [0.2, 0.25) is 0 Å². The van der Waals surface area contributed by atoms with Crippen LogP contribution in [-0.4, -0.2) is 30.1 Å². The molecule has 0 spiro atoms. The van der Waals surface area contributed by atoms with E-state index in [4.69, 9.17) is 5.73 Å². The second-order valence-electron chi connectivity index (χ2n) is 5.60. The van der Waals surface area contributed by atoms with Crippen LogP contribution in [0.15, 0.2) is 0 Å². The Morgan fingerprint density at radius 3 is 2.12 bits per heavy atom. The van der Waals surface area contributed by atoms with Gasteiger partial charge in [0.2, 0.25) is 5.91 Å². The topological polar surface area (TPSA) is 67.2 Å². The lowest BCUT2D eigenvalue weighted by atomic mass is 9.96. The van der Waals surface area contributed by atoms with E-state index in [1.54, 1.807) is 6.92 Å². The van der Waals surface area contributed by atoms with Gasteiger partial charge in [-0.2, -0.15) is 0 Å². The van der Waals surface area contributed by atoms with Crippen molar-refractivity contribution in [2.75, 3.05) is 13.1 Å². The van der Waals surface area contributed by atoms with Gasteiger partial charge in [0.25, 0.3) is 0 Å². The molecule has 0 rings (SSSR count). The molecule has 0 saturated carbocycles. The summed E-state index contributed by atoms with van der Waals surface area (Å²) >= 11 is 0. The smallest absolute Gasteiger partial charge is 0.239 e. The molecule has 0 aromatic rings. The quantitative estimate of drug-likeness (QED) is 0.637. The van der Waals surface area contributed by atoms with Gasteiger partial charge in [0.1, 0.15) is 0 Å². The molecule has 4 N–H and O–H groups in total. The second kappa shape index (κ2) is 7.90. The van der Waals surface area contributed by atoms with Gasteiger partial charge in [0.15, 0.2) is 0 Å². The summed E-state index contributed by atoms with van der Waals surface area (Å²) in [6.45, 7) is 11.5. The Labute approximate surface area is 112 Å². The Balaban J connectivity index is 0. The van der Waals surface area contributed by atoms with Gasteiger partial charge in [-0.3, -0.25) is 4.79 Å². The zero-order chi connectivity index (χ0) is 12.8. The standard InChI is InChI=1S/C12H27N3O.ClH/c1-6-7-12(5,13)10(16)14-8-9-15-11(2,3)4;/h15H,6-9,13H2,1-5H3,(H,14,16);1H. The first-order valence-corrected chi connectivity index (χ1v) is 6.01. The number of hydrogen-bond acceptors (Lipinski definition) is 3. The fraction of sp³-hybridized carbons (Fsp3) is 0.917. The molecule has 0 heterocycles. The summed E-state index contributed by atoms with van der Waals surface area (Å²) in [5, 5.41) is 6.16. The third kappa shape index (κ3) is 9.39. The molecule has 0 saturated heterocycles. The van der Waals surface area contributed by atoms with Crippen molar-refractivity contribution in [3.63, 3.8) is 0 Å². The van der Waals surface area contributed by atoms with E-state index in [-0.39, 0.29) is 23.9 Å². The molecule has 0 bridgehead atoms. The second-order valence-corrected chi connectivity index (χ2v) is 5.60. The molecule has 0 fully saturated rings. The maximum Gasteiger partial charge on any atom is 0.239 e. The number of nitrogens with two attached hydrogens (primary N) is 1. The minimum absolute atomic E-state index is 0. The monoisotopic (exact) mass is 265 g/mol. The number of rotatable bonds is 6. The number of halogens is 1. The molecule has 0 radical (unpaired) electrons. The van der Waals surface area contributed by atoms with Gasteiger partial charge < -0.3 is 16.4 Å². The molecular formula is C12H28ClN3O. The van der Waals surface area contributed by atoms with Gasteiger partial charge >= 0.3 is 0 Å². The SMILES string of the molecule is CCCC(C)(N)C(=O)NCCNC(C)(C)C.Cl. The Morgan fingerprint density at radius 2 is 1.71 bits per heavy atom. The maximum atomic E-state index is 11.7. The lowest BCUT2D eigenvalue weighted by Gasteiger charge is -2.24. The molecule has 104 valence electrons. The van der Waals surface area contributed by atoms with Crippen LogP contribution >= 0.6 is 12.4 Å². The number of carbonyl (C=O) groups excluding carboxylic acids is 1. The minimum atomic E-state index is -0.740. The molecule has 1 unspecified atom stereocenters. The van der Waals surface area contributed by atoms with Crippen molar-refractivity contribution in [3.8, 4) is 0 Å². The Morgan fingerprint density at radius 1 is 1.18 bits per heavy atom. The highest BCUT2D eigenvalue weighted by Crippen LogP contribution is 2.07. The van der Waals surface area contributed by atoms with Gasteiger partial charge in [0.05, 0.1) is 5.54 Å². The van der Waals surface area contributed by atoms with Gasteiger partial charge in [-0.15, -0.1) is 12.4 Å². The Bertz CT molecular complexity index is 224. The molecule has 1 atom stereocenters. The van der Waals surface area contributed by atoms with Crippen molar-refractivity contribution in [3.05, 3.63) is 0 Å². The lowest BCUT2D eigenvalue weighted by Crippen LogP contribution is -2.53. The van der Waals surface area contributed by atoms with Gasteiger partial charge in [-0.1, -0.05) is 13.3 Å². The molecule has 0 aliphatic carbocycles. The van der Waals surface area contributed by atoms with Crippen LogP contribution in [0.4, 0.5) is 0 Å². The third-order valence-electron chi connectivity index (χ3n) is 2.35. The van der Waals surface area contributed by atoms with E-state index in [2.05, 4.69) is 31.4 Å². The summed E-state index contributed by atoms with van der Waals surface area (Å²) in [5.74, 6) is -0.0648. The average molecular weight is 266 g/mol. The van der Waals surface area contributed by atoms with Crippen molar-refractivity contribution < 1.29 is 4.79 Å². The highest BCUT2D eigenvalue weighted by molar-refractivity contribution is 5.85. The number of amides is 1. The van der Waals surface area contributed by atoms with Crippen LogP contribution in [0.3, 0.4) is 0 Å².